The Morgan fingerprint density at radius 3 is 2.67 bits per heavy atom. The number of nitrogens with zero attached hydrogens (tertiary/aromatic N) is 3. The summed E-state index contributed by atoms with van der Waals surface area (Å²) in [6.07, 6.45) is 3.75. The Hall–Kier alpha value is -3.18. The number of hydrogen-bond acceptors (Lipinski definition) is 4. The zero-order chi connectivity index (χ0) is 18.6. The van der Waals surface area contributed by atoms with Gasteiger partial charge in [0.2, 0.25) is 0 Å². The van der Waals surface area contributed by atoms with Crippen molar-refractivity contribution in [2.45, 2.75) is 6.92 Å². The van der Waals surface area contributed by atoms with Crippen LogP contribution in [-0.2, 0) is 4.74 Å². The standard InChI is InChI=1S/C22H22N4O/c1-16-7-6-10-18(13-16)26-14-19(17-8-4-3-5-9-17)20-21(23-11-12-27-2)24-15-25-22(20)26/h3-10,13-15H,11-12H2,1-2H3,(H,23,24,25). The SMILES string of the molecule is COCCNc1ncnc2c1c(-c1ccccc1)cn2-c1cccc(C)c1. The smallest absolute Gasteiger partial charge is 0.150 e. The van der Waals surface area contributed by atoms with Crippen molar-refractivity contribution in [3.05, 3.63) is 72.7 Å². The van der Waals surface area contributed by atoms with Crippen LogP contribution < -0.4 is 5.32 Å². The largest absolute Gasteiger partial charge is 0.383 e. The van der Waals surface area contributed by atoms with Crippen LogP contribution in [0.25, 0.3) is 27.8 Å². The van der Waals surface area contributed by atoms with Gasteiger partial charge in [-0.15, -0.1) is 0 Å². The fourth-order valence-corrected chi connectivity index (χ4v) is 3.28. The molecule has 0 fully saturated rings. The first-order valence-electron chi connectivity index (χ1n) is 8.99. The second-order valence-electron chi connectivity index (χ2n) is 6.46. The average Bonchev–Trinajstić information content (AvgIpc) is 3.09. The number of hydrogen-bond donors (Lipinski definition) is 1. The normalized spacial score (nSPS) is 11.0. The predicted molar refractivity (Wildman–Crippen MR) is 109 cm³/mol. The summed E-state index contributed by atoms with van der Waals surface area (Å²) >= 11 is 0. The van der Waals surface area contributed by atoms with Crippen LogP contribution in [0.3, 0.4) is 0 Å². The average molecular weight is 358 g/mol. The van der Waals surface area contributed by atoms with E-state index in [1.54, 1.807) is 13.4 Å². The van der Waals surface area contributed by atoms with E-state index in [-0.39, 0.29) is 0 Å². The van der Waals surface area contributed by atoms with E-state index in [0.29, 0.717) is 13.2 Å². The van der Waals surface area contributed by atoms with Gasteiger partial charge in [-0.3, -0.25) is 0 Å². The molecule has 0 spiro atoms. The molecule has 2 aromatic heterocycles. The van der Waals surface area contributed by atoms with E-state index < -0.39 is 0 Å². The Morgan fingerprint density at radius 2 is 1.89 bits per heavy atom. The topological polar surface area (TPSA) is 52.0 Å². The molecule has 0 amide bonds. The molecule has 136 valence electrons. The van der Waals surface area contributed by atoms with E-state index in [9.17, 15) is 0 Å². The number of benzene rings is 2. The molecule has 4 aromatic rings. The van der Waals surface area contributed by atoms with Gasteiger partial charge in [-0.1, -0.05) is 42.5 Å². The summed E-state index contributed by atoms with van der Waals surface area (Å²) in [5.74, 6) is 0.822. The molecule has 0 unspecified atom stereocenters. The molecule has 0 saturated carbocycles. The first kappa shape index (κ1) is 17.2. The molecule has 27 heavy (non-hydrogen) atoms. The molecule has 0 aliphatic heterocycles. The maximum absolute atomic E-state index is 5.17. The summed E-state index contributed by atoms with van der Waals surface area (Å²) < 4.78 is 7.30. The Morgan fingerprint density at radius 1 is 1.04 bits per heavy atom. The third kappa shape index (κ3) is 3.41. The quantitative estimate of drug-likeness (QED) is 0.517. The van der Waals surface area contributed by atoms with Crippen molar-refractivity contribution >= 4 is 16.9 Å². The molecule has 4 rings (SSSR count). The number of anilines is 1. The highest BCUT2D eigenvalue weighted by Crippen LogP contribution is 2.35. The molecule has 0 bridgehead atoms. The summed E-state index contributed by atoms with van der Waals surface area (Å²) in [6, 6.07) is 18.8. The molecule has 0 saturated heterocycles. The summed E-state index contributed by atoms with van der Waals surface area (Å²) in [5.41, 5.74) is 5.42. The molecular weight excluding hydrogens is 336 g/mol. The highest BCUT2D eigenvalue weighted by atomic mass is 16.5. The van der Waals surface area contributed by atoms with Crippen LogP contribution >= 0.6 is 0 Å². The van der Waals surface area contributed by atoms with Gasteiger partial charge in [0.1, 0.15) is 12.1 Å². The van der Waals surface area contributed by atoms with E-state index in [4.69, 9.17) is 4.74 Å². The van der Waals surface area contributed by atoms with Crippen LogP contribution in [-0.4, -0.2) is 34.8 Å². The number of fused-ring (bicyclic) bond motifs is 1. The summed E-state index contributed by atoms with van der Waals surface area (Å²) in [6.45, 7) is 3.40. The number of ether oxygens (including phenoxy) is 1. The van der Waals surface area contributed by atoms with Gasteiger partial charge in [-0.2, -0.15) is 0 Å². The zero-order valence-electron chi connectivity index (χ0n) is 15.5. The van der Waals surface area contributed by atoms with Gasteiger partial charge in [0.15, 0.2) is 5.65 Å². The van der Waals surface area contributed by atoms with Crippen LogP contribution in [0.4, 0.5) is 5.82 Å². The maximum Gasteiger partial charge on any atom is 0.150 e. The Labute approximate surface area is 158 Å². The van der Waals surface area contributed by atoms with E-state index in [2.05, 4.69) is 69.4 Å². The van der Waals surface area contributed by atoms with Gasteiger partial charge >= 0.3 is 0 Å². The molecule has 1 N–H and O–H groups in total. The van der Waals surface area contributed by atoms with Crippen LogP contribution in [0.2, 0.25) is 0 Å². The lowest BCUT2D eigenvalue weighted by Gasteiger charge is -2.08. The van der Waals surface area contributed by atoms with Crippen LogP contribution in [0.5, 0.6) is 0 Å². The fraction of sp³-hybridized carbons (Fsp3) is 0.182. The minimum Gasteiger partial charge on any atom is -0.383 e. The fourth-order valence-electron chi connectivity index (χ4n) is 3.28. The molecule has 0 atom stereocenters. The summed E-state index contributed by atoms with van der Waals surface area (Å²) in [7, 11) is 1.70. The minimum atomic E-state index is 0.616. The maximum atomic E-state index is 5.17. The third-order valence-corrected chi connectivity index (χ3v) is 4.55. The monoisotopic (exact) mass is 358 g/mol. The van der Waals surface area contributed by atoms with Crippen molar-refractivity contribution in [1.82, 2.24) is 14.5 Å². The number of methoxy groups -OCH3 is 1. The number of rotatable bonds is 6. The van der Waals surface area contributed by atoms with E-state index in [1.165, 1.54) is 5.56 Å². The van der Waals surface area contributed by atoms with Crippen molar-refractivity contribution in [2.75, 3.05) is 25.6 Å². The molecule has 2 aromatic carbocycles. The third-order valence-electron chi connectivity index (χ3n) is 4.55. The minimum absolute atomic E-state index is 0.616. The molecule has 0 aliphatic rings. The first-order valence-corrected chi connectivity index (χ1v) is 8.99. The molecule has 5 nitrogen and oxygen atoms in total. The van der Waals surface area contributed by atoms with E-state index in [1.807, 2.05) is 18.2 Å². The second-order valence-corrected chi connectivity index (χ2v) is 6.46. The van der Waals surface area contributed by atoms with Gasteiger partial charge in [0.05, 0.1) is 12.0 Å². The van der Waals surface area contributed by atoms with Gasteiger partial charge in [-0.25, -0.2) is 9.97 Å². The molecule has 0 radical (unpaired) electrons. The lowest BCUT2D eigenvalue weighted by molar-refractivity contribution is 0.210. The van der Waals surface area contributed by atoms with Crippen molar-refractivity contribution in [3.63, 3.8) is 0 Å². The van der Waals surface area contributed by atoms with Gasteiger partial charge < -0.3 is 14.6 Å². The van der Waals surface area contributed by atoms with Crippen LogP contribution in [0, 0.1) is 6.92 Å². The number of aryl methyl sites for hydroxylation is 1. The van der Waals surface area contributed by atoms with E-state index >= 15 is 0 Å². The van der Waals surface area contributed by atoms with Gasteiger partial charge in [0.25, 0.3) is 0 Å². The zero-order valence-corrected chi connectivity index (χ0v) is 15.5. The van der Waals surface area contributed by atoms with Crippen molar-refractivity contribution in [2.24, 2.45) is 0 Å². The molecule has 5 heteroatoms. The highest BCUT2D eigenvalue weighted by molar-refractivity contribution is 6.02. The lowest BCUT2D eigenvalue weighted by Crippen LogP contribution is -2.09. The van der Waals surface area contributed by atoms with Gasteiger partial charge in [0, 0.05) is 31.1 Å². The lowest BCUT2D eigenvalue weighted by atomic mass is 10.1. The molecule has 0 aliphatic carbocycles. The van der Waals surface area contributed by atoms with Crippen LogP contribution in [0.15, 0.2) is 67.1 Å². The molecular formula is C22H22N4O. The first-order chi connectivity index (χ1) is 13.3. The van der Waals surface area contributed by atoms with Crippen molar-refractivity contribution in [1.29, 1.82) is 0 Å². The number of nitrogens with one attached hydrogen (secondary N) is 1. The Balaban J connectivity index is 1.94. The number of aromatic nitrogens is 3. The highest BCUT2D eigenvalue weighted by Gasteiger charge is 2.17. The molecule has 2 heterocycles. The van der Waals surface area contributed by atoms with Gasteiger partial charge in [-0.05, 0) is 30.2 Å². The summed E-state index contributed by atoms with van der Waals surface area (Å²) in [4.78, 5) is 9.10. The summed E-state index contributed by atoms with van der Waals surface area (Å²) in [5, 5.41) is 4.40. The predicted octanol–water partition coefficient (Wildman–Crippen LogP) is 4.45. The Kier molecular flexibility index (Phi) is 4.85. The second kappa shape index (κ2) is 7.60. The Bertz CT molecular complexity index is 1060. The van der Waals surface area contributed by atoms with Crippen molar-refractivity contribution in [3.8, 4) is 16.8 Å². The van der Waals surface area contributed by atoms with Crippen molar-refractivity contribution < 1.29 is 4.74 Å². The van der Waals surface area contributed by atoms with Crippen LogP contribution in [0.1, 0.15) is 5.56 Å². The van der Waals surface area contributed by atoms with E-state index in [0.717, 1.165) is 33.7 Å².